The van der Waals surface area contributed by atoms with E-state index < -0.39 is 23.3 Å². The summed E-state index contributed by atoms with van der Waals surface area (Å²) < 4.78 is 1.65. The maximum absolute atomic E-state index is 12.1. The van der Waals surface area contributed by atoms with Crippen LogP contribution >= 0.6 is 0 Å². The standard InChI is InChI=1S/C12H16N4O3/c1-8-6-13-15(7-8)4-5-16-10(18)12(2,3)9(17)14-11(16)19/h6-7H,4-5H2,1-3H3,(H,14,17,19). The first-order valence-electron chi connectivity index (χ1n) is 5.99. The number of amides is 4. The van der Waals surface area contributed by atoms with Gasteiger partial charge < -0.3 is 0 Å². The van der Waals surface area contributed by atoms with E-state index in [0.717, 1.165) is 10.5 Å². The number of nitrogens with one attached hydrogen (secondary N) is 1. The Morgan fingerprint density at radius 2 is 1.95 bits per heavy atom. The van der Waals surface area contributed by atoms with Crippen molar-refractivity contribution in [3.63, 3.8) is 0 Å². The molecule has 4 amide bonds. The van der Waals surface area contributed by atoms with Crippen LogP contribution in [0.1, 0.15) is 19.4 Å². The van der Waals surface area contributed by atoms with Gasteiger partial charge in [-0.05, 0) is 26.3 Å². The molecule has 0 radical (unpaired) electrons. The molecule has 0 aliphatic carbocycles. The van der Waals surface area contributed by atoms with E-state index in [0.29, 0.717) is 6.54 Å². The molecular weight excluding hydrogens is 248 g/mol. The molecular formula is C12H16N4O3. The van der Waals surface area contributed by atoms with E-state index in [1.807, 2.05) is 13.1 Å². The van der Waals surface area contributed by atoms with Crippen LogP contribution in [-0.4, -0.2) is 39.1 Å². The summed E-state index contributed by atoms with van der Waals surface area (Å²) in [6.07, 6.45) is 3.52. The first-order valence-corrected chi connectivity index (χ1v) is 5.99. The Morgan fingerprint density at radius 1 is 1.26 bits per heavy atom. The molecule has 7 nitrogen and oxygen atoms in total. The third-order valence-electron chi connectivity index (χ3n) is 3.13. The molecule has 1 aromatic rings. The first-order chi connectivity index (χ1) is 8.82. The van der Waals surface area contributed by atoms with Crippen molar-refractivity contribution in [2.75, 3.05) is 6.54 Å². The smallest absolute Gasteiger partial charge is 0.277 e. The number of urea groups is 1. The molecule has 0 aromatic carbocycles. The lowest BCUT2D eigenvalue weighted by Crippen LogP contribution is -2.62. The van der Waals surface area contributed by atoms with E-state index in [1.54, 1.807) is 10.9 Å². The molecule has 102 valence electrons. The molecule has 0 spiro atoms. The minimum Gasteiger partial charge on any atom is -0.277 e. The van der Waals surface area contributed by atoms with Gasteiger partial charge in [0.1, 0.15) is 5.41 Å². The second-order valence-corrected chi connectivity index (χ2v) is 5.12. The molecule has 1 saturated heterocycles. The highest BCUT2D eigenvalue weighted by Crippen LogP contribution is 2.23. The molecule has 1 aliphatic heterocycles. The lowest BCUT2D eigenvalue weighted by Gasteiger charge is -2.34. The number of aryl methyl sites for hydroxylation is 1. The van der Waals surface area contributed by atoms with Crippen molar-refractivity contribution in [1.82, 2.24) is 20.0 Å². The molecule has 0 atom stereocenters. The van der Waals surface area contributed by atoms with Gasteiger partial charge in [0.25, 0.3) is 0 Å². The second-order valence-electron chi connectivity index (χ2n) is 5.12. The van der Waals surface area contributed by atoms with Crippen molar-refractivity contribution in [2.24, 2.45) is 5.41 Å². The Balaban J connectivity index is 2.09. The zero-order valence-electron chi connectivity index (χ0n) is 11.1. The number of rotatable bonds is 3. The van der Waals surface area contributed by atoms with Crippen LogP contribution in [-0.2, 0) is 16.1 Å². The maximum Gasteiger partial charge on any atom is 0.330 e. The van der Waals surface area contributed by atoms with Gasteiger partial charge in [0.15, 0.2) is 0 Å². The third-order valence-corrected chi connectivity index (χ3v) is 3.13. The molecule has 1 fully saturated rings. The number of nitrogens with zero attached hydrogens (tertiary/aromatic N) is 3. The fraction of sp³-hybridized carbons (Fsp3) is 0.500. The minimum absolute atomic E-state index is 0.183. The molecule has 0 unspecified atom stereocenters. The quantitative estimate of drug-likeness (QED) is 0.795. The number of aromatic nitrogens is 2. The van der Waals surface area contributed by atoms with E-state index in [1.165, 1.54) is 13.8 Å². The molecule has 1 aliphatic rings. The molecule has 2 rings (SSSR count). The van der Waals surface area contributed by atoms with Gasteiger partial charge in [0.2, 0.25) is 11.8 Å². The summed E-state index contributed by atoms with van der Waals surface area (Å²) in [5, 5.41) is 6.27. The highest BCUT2D eigenvalue weighted by Gasteiger charge is 2.46. The van der Waals surface area contributed by atoms with Crippen LogP contribution in [0, 0.1) is 12.3 Å². The number of barbiturate groups is 1. The highest BCUT2D eigenvalue weighted by atomic mass is 16.2. The van der Waals surface area contributed by atoms with Crippen LogP contribution in [0.2, 0.25) is 0 Å². The summed E-state index contributed by atoms with van der Waals surface area (Å²) in [6.45, 7) is 5.49. The number of imide groups is 2. The van der Waals surface area contributed by atoms with E-state index in [2.05, 4.69) is 10.4 Å². The van der Waals surface area contributed by atoms with Gasteiger partial charge in [0.05, 0.1) is 19.3 Å². The van der Waals surface area contributed by atoms with Crippen LogP contribution in [0.5, 0.6) is 0 Å². The van der Waals surface area contributed by atoms with Gasteiger partial charge in [-0.1, -0.05) is 0 Å². The third kappa shape index (κ3) is 2.35. The van der Waals surface area contributed by atoms with Crippen LogP contribution < -0.4 is 5.32 Å². The molecule has 7 heteroatoms. The predicted molar refractivity (Wildman–Crippen MR) is 66.0 cm³/mol. The highest BCUT2D eigenvalue weighted by molar-refractivity contribution is 6.18. The van der Waals surface area contributed by atoms with E-state index in [4.69, 9.17) is 0 Å². The Kier molecular flexibility index (Phi) is 3.13. The summed E-state index contributed by atoms with van der Waals surface area (Å²) in [7, 11) is 0. The summed E-state index contributed by atoms with van der Waals surface area (Å²) >= 11 is 0. The zero-order valence-corrected chi connectivity index (χ0v) is 11.1. The van der Waals surface area contributed by atoms with Crippen LogP contribution in [0.15, 0.2) is 12.4 Å². The first kappa shape index (κ1) is 13.3. The van der Waals surface area contributed by atoms with Crippen molar-refractivity contribution >= 4 is 17.8 Å². The summed E-state index contributed by atoms with van der Waals surface area (Å²) in [4.78, 5) is 36.4. The summed E-state index contributed by atoms with van der Waals surface area (Å²) in [5.74, 6) is -1.04. The molecule has 19 heavy (non-hydrogen) atoms. The summed E-state index contributed by atoms with van der Waals surface area (Å²) in [5.41, 5.74) is -0.210. The van der Waals surface area contributed by atoms with E-state index in [-0.39, 0.29) is 6.54 Å². The topological polar surface area (TPSA) is 84.3 Å². The van der Waals surface area contributed by atoms with Gasteiger partial charge in [-0.15, -0.1) is 0 Å². The van der Waals surface area contributed by atoms with Gasteiger partial charge >= 0.3 is 6.03 Å². The van der Waals surface area contributed by atoms with Crippen LogP contribution in [0.4, 0.5) is 4.79 Å². The Labute approximate surface area is 110 Å². The summed E-state index contributed by atoms with van der Waals surface area (Å²) in [6, 6.07) is -0.668. The Bertz CT molecular complexity index is 547. The van der Waals surface area contributed by atoms with Gasteiger partial charge in [-0.3, -0.25) is 24.5 Å². The predicted octanol–water partition coefficient (Wildman–Crippen LogP) is 0.296. The SMILES string of the molecule is Cc1cnn(CCN2C(=O)NC(=O)C(C)(C)C2=O)c1. The number of carbonyl (C=O) groups is 3. The Morgan fingerprint density at radius 3 is 2.53 bits per heavy atom. The largest absolute Gasteiger partial charge is 0.330 e. The lowest BCUT2D eigenvalue weighted by molar-refractivity contribution is -0.149. The normalized spacial score (nSPS) is 18.7. The molecule has 0 saturated carbocycles. The maximum atomic E-state index is 12.1. The number of hydrogen-bond donors (Lipinski definition) is 1. The average molecular weight is 264 g/mol. The van der Waals surface area contributed by atoms with Crippen molar-refractivity contribution in [3.8, 4) is 0 Å². The fourth-order valence-electron chi connectivity index (χ4n) is 1.84. The van der Waals surface area contributed by atoms with Crippen molar-refractivity contribution in [3.05, 3.63) is 18.0 Å². The number of carbonyl (C=O) groups excluding carboxylic acids is 3. The van der Waals surface area contributed by atoms with Crippen LogP contribution in [0.3, 0.4) is 0 Å². The second kappa shape index (κ2) is 4.49. The van der Waals surface area contributed by atoms with Gasteiger partial charge in [-0.2, -0.15) is 5.10 Å². The fourth-order valence-corrected chi connectivity index (χ4v) is 1.84. The van der Waals surface area contributed by atoms with Gasteiger partial charge in [-0.25, -0.2) is 4.79 Å². The molecule has 1 N–H and O–H groups in total. The zero-order chi connectivity index (χ0) is 14.2. The number of hydrogen-bond acceptors (Lipinski definition) is 4. The van der Waals surface area contributed by atoms with Crippen molar-refractivity contribution in [2.45, 2.75) is 27.3 Å². The molecule has 2 heterocycles. The van der Waals surface area contributed by atoms with Gasteiger partial charge in [0, 0.05) is 6.20 Å². The molecule has 0 bridgehead atoms. The molecule has 1 aromatic heterocycles. The Hall–Kier alpha value is -2.18. The van der Waals surface area contributed by atoms with Crippen molar-refractivity contribution in [1.29, 1.82) is 0 Å². The minimum atomic E-state index is -1.21. The average Bonchev–Trinajstić information content (AvgIpc) is 2.73. The van der Waals surface area contributed by atoms with Crippen molar-refractivity contribution < 1.29 is 14.4 Å². The van der Waals surface area contributed by atoms with E-state index >= 15 is 0 Å². The van der Waals surface area contributed by atoms with Crippen LogP contribution in [0.25, 0.3) is 0 Å². The van der Waals surface area contributed by atoms with E-state index in [9.17, 15) is 14.4 Å². The monoisotopic (exact) mass is 264 g/mol. The lowest BCUT2D eigenvalue weighted by atomic mass is 9.89.